The topological polar surface area (TPSA) is 55.8 Å². The van der Waals surface area contributed by atoms with E-state index in [4.69, 9.17) is 9.47 Å². The molecule has 0 spiro atoms. The highest BCUT2D eigenvalue weighted by atomic mass is 16.5. The maximum Gasteiger partial charge on any atom is 0.328 e. The third-order valence-corrected chi connectivity index (χ3v) is 3.80. The molecule has 1 amide bonds. The lowest BCUT2D eigenvalue weighted by Crippen LogP contribution is -2.52. The number of piperidine rings is 1. The van der Waals surface area contributed by atoms with Crippen LogP contribution in [0.15, 0.2) is 0 Å². The monoisotopic (exact) mass is 269 g/mol. The van der Waals surface area contributed by atoms with Gasteiger partial charge in [-0.3, -0.25) is 4.79 Å². The number of hydrogen-bond donors (Lipinski definition) is 0. The summed E-state index contributed by atoms with van der Waals surface area (Å²) in [6.45, 7) is 3.44. The number of nitrogens with zero attached hydrogens (tertiary/aromatic N) is 1. The normalized spacial score (nSPS) is 27.9. The van der Waals surface area contributed by atoms with Gasteiger partial charge < -0.3 is 14.4 Å². The van der Waals surface area contributed by atoms with Crippen LogP contribution in [0.5, 0.6) is 0 Å². The summed E-state index contributed by atoms with van der Waals surface area (Å²) in [5, 5.41) is 0. The molecule has 5 heteroatoms. The van der Waals surface area contributed by atoms with E-state index < -0.39 is 6.04 Å². The molecule has 0 N–H and O–H groups in total. The Morgan fingerprint density at radius 3 is 2.68 bits per heavy atom. The van der Waals surface area contributed by atoms with Crippen molar-refractivity contribution in [2.24, 2.45) is 0 Å². The minimum atomic E-state index is -0.410. The third kappa shape index (κ3) is 3.47. The fourth-order valence-electron chi connectivity index (χ4n) is 2.80. The molecule has 19 heavy (non-hydrogen) atoms. The highest BCUT2D eigenvalue weighted by molar-refractivity contribution is 5.87. The molecule has 2 aliphatic heterocycles. The van der Waals surface area contributed by atoms with E-state index in [1.807, 2.05) is 0 Å². The quantitative estimate of drug-likeness (QED) is 0.729. The molecule has 0 aliphatic carbocycles. The number of rotatable bonds is 3. The molecule has 2 rings (SSSR count). The van der Waals surface area contributed by atoms with Gasteiger partial charge in [0.05, 0.1) is 6.61 Å². The van der Waals surface area contributed by atoms with Crippen molar-refractivity contribution in [2.45, 2.75) is 57.6 Å². The van der Waals surface area contributed by atoms with Gasteiger partial charge in [0, 0.05) is 13.2 Å². The van der Waals surface area contributed by atoms with Crippen LogP contribution < -0.4 is 0 Å². The maximum absolute atomic E-state index is 12.5. The molecule has 0 aromatic carbocycles. The number of hydrogen-bond acceptors (Lipinski definition) is 4. The highest BCUT2D eigenvalue weighted by Crippen LogP contribution is 2.22. The summed E-state index contributed by atoms with van der Waals surface area (Å²) in [5.74, 6) is -0.302. The van der Waals surface area contributed by atoms with Crippen LogP contribution in [0.1, 0.15) is 45.4 Å². The number of carbonyl (C=O) groups excluding carboxylic acids is 2. The average Bonchev–Trinajstić information content (AvgIpc) is 2.47. The maximum atomic E-state index is 12.5. The molecule has 2 aliphatic rings. The molecule has 0 radical (unpaired) electrons. The molecule has 2 fully saturated rings. The van der Waals surface area contributed by atoms with Crippen molar-refractivity contribution in [1.29, 1.82) is 0 Å². The Morgan fingerprint density at radius 1 is 1.21 bits per heavy atom. The fraction of sp³-hybridized carbons (Fsp3) is 0.857. The Balaban J connectivity index is 2.01. The number of likely N-dealkylation sites (tertiary alicyclic amines) is 1. The van der Waals surface area contributed by atoms with Gasteiger partial charge >= 0.3 is 5.97 Å². The molecule has 0 aromatic heterocycles. The Hall–Kier alpha value is -1.10. The number of esters is 1. The molecule has 2 unspecified atom stereocenters. The van der Waals surface area contributed by atoms with Gasteiger partial charge in [-0.2, -0.15) is 0 Å². The van der Waals surface area contributed by atoms with E-state index in [9.17, 15) is 9.59 Å². The smallest absolute Gasteiger partial charge is 0.328 e. The largest absolute Gasteiger partial charge is 0.464 e. The second-order valence-corrected chi connectivity index (χ2v) is 5.15. The summed E-state index contributed by atoms with van der Waals surface area (Å²) in [6, 6.07) is -0.410. The van der Waals surface area contributed by atoms with Crippen LogP contribution >= 0.6 is 0 Å². The van der Waals surface area contributed by atoms with E-state index in [2.05, 4.69) is 0 Å². The summed E-state index contributed by atoms with van der Waals surface area (Å²) in [6.07, 6.45) is 5.08. The van der Waals surface area contributed by atoms with E-state index in [-0.39, 0.29) is 18.0 Å². The van der Waals surface area contributed by atoms with Crippen molar-refractivity contribution in [1.82, 2.24) is 4.90 Å². The van der Waals surface area contributed by atoms with Gasteiger partial charge in [0.1, 0.15) is 12.1 Å². The fourth-order valence-corrected chi connectivity index (χ4v) is 2.80. The van der Waals surface area contributed by atoms with Gasteiger partial charge in [0.25, 0.3) is 5.91 Å². The van der Waals surface area contributed by atoms with E-state index in [1.165, 1.54) is 0 Å². The molecule has 2 atom stereocenters. The average molecular weight is 269 g/mol. The minimum Gasteiger partial charge on any atom is -0.464 e. The molecule has 0 saturated carbocycles. The van der Waals surface area contributed by atoms with Gasteiger partial charge in [-0.15, -0.1) is 0 Å². The zero-order valence-corrected chi connectivity index (χ0v) is 11.6. The zero-order chi connectivity index (χ0) is 13.7. The van der Waals surface area contributed by atoms with Crippen molar-refractivity contribution >= 4 is 11.9 Å². The van der Waals surface area contributed by atoms with E-state index in [0.29, 0.717) is 26.2 Å². The van der Waals surface area contributed by atoms with Crippen LogP contribution in [0.2, 0.25) is 0 Å². The first-order valence-corrected chi connectivity index (χ1v) is 7.32. The van der Waals surface area contributed by atoms with Crippen molar-refractivity contribution in [3.63, 3.8) is 0 Å². The second kappa shape index (κ2) is 6.89. The lowest BCUT2D eigenvalue weighted by molar-refractivity contribution is -0.162. The van der Waals surface area contributed by atoms with Crippen molar-refractivity contribution < 1.29 is 19.1 Å². The first-order valence-electron chi connectivity index (χ1n) is 7.32. The number of amides is 1. The van der Waals surface area contributed by atoms with Gasteiger partial charge in [-0.05, 0) is 45.4 Å². The van der Waals surface area contributed by atoms with Gasteiger partial charge in [0.2, 0.25) is 0 Å². The molecule has 5 nitrogen and oxygen atoms in total. The summed E-state index contributed by atoms with van der Waals surface area (Å²) < 4.78 is 10.6. The Bertz CT molecular complexity index is 325. The molecule has 2 heterocycles. The molecule has 108 valence electrons. The Labute approximate surface area is 114 Å². The van der Waals surface area contributed by atoms with Gasteiger partial charge in [-0.25, -0.2) is 4.79 Å². The second-order valence-electron chi connectivity index (χ2n) is 5.15. The SMILES string of the molecule is CCOC(=O)C1CCCCN1C(=O)C1CCCCO1. The lowest BCUT2D eigenvalue weighted by Gasteiger charge is -2.36. The number of ether oxygens (including phenoxy) is 2. The molecule has 0 aromatic rings. The first-order chi connectivity index (χ1) is 9.24. The molecule has 2 saturated heterocycles. The summed E-state index contributed by atoms with van der Waals surface area (Å²) in [4.78, 5) is 26.1. The summed E-state index contributed by atoms with van der Waals surface area (Å²) in [7, 11) is 0. The van der Waals surface area contributed by atoms with Crippen molar-refractivity contribution in [2.75, 3.05) is 19.8 Å². The lowest BCUT2D eigenvalue weighted by atomic mass is 10.00. The van der Waals surface area contributed by atoms with Crippen LogP contribution in [-0.2, 0) is 19.1 Å². The summed E-state index contributed by atoms with van der Waals surface area (Å²) in [5.41, 5.74) is 0. The van der Waals surface area contributed by atoms with Crippen molar-refractivity contribution in [3.8, 4) is 0 Å². The zero-order valence-electron chi connectivity index (χ0n) is 11.6. The van der Waals surface area contributed by atoms with E-state index in [1.54, 1.807) is 11.8 Å². The van der Waals surface area contributed by atoms with E-state index >= 15 is 0 Å². The van der Waals surface area contributed by atoms with Crippen LogP contribution in [0.4, 0.5) is 0 Å². The Kier molecular flexibility index (Phi) is 5.19. The molecular formula is C14H23NO4. The van der Waals surface area contributed by atoms with Crippen molar-refractivity contribution in [3.05, 3.63) is 0 Å². The number of carbonyl (C=O) groups is 2. The van der Waals surface area contributed by atoms with Crippen LogP contribution in [0, 0.1) is 0 Å². The molecular weight excluding hydrogens is 246 g/mol. The minimum absolute atomic E-state index is 0.0301. The van der Waals surface area contributed by atoms with Gasteiger partial charge in [-0.1, -0.05) is 0 Å². The van der Waals surface area contributed by atoms with Crippen LogP contribution in [0.25, 0.3) is 0 Å². The molecule has 0 bridgehead atoms. The van der Waals surface area contributed by atoms with Gasteiger partial charge in [0.15, 0.2) is 0 Å². The predicted molar refractivity (Wildman–Crippen MR) is 69.6 cm³/mol. The van der Waals surface area contributed by atoms with Crippen LogP contribution in [-0.4, -0.2) is 48.7 Å². The first kappa shape index (κ1) is 14.3. The van der Waals surface area contributed by atoms with Crippen LogP contribution in [0.3, 0.4) is 0 Å². The standard InChI is InChI=1S/C14H23NO4/c1-2-18-14(17)11-7-3-5-9-15(11)13(16)12-8-4-6-10-19-12/h11-12H,2-10H2,1H3. The third-order valence-electron chi connectivity index (χ3n) is 3.80. The van der Waals surface area contributed by atoms with E-state index in [0.717, 1.165) is 32.1 Å². The predicted octanol–water partition coefficient (Wildman–Crippen LogP) is 1.50. The summed E-state index contributed by atoms with van der Waals surface area (Å²) >= 11 is 0. The Morgan fingerprint density at radius 2 is 2.00 bits per heavy atom. The highest BCUT2D eigenvalue weighted by Gasteiger charge is 2.37.